The van der Waals surface area contributed by atoms with E-state index in [1.54, 1.807) is 11.5 Å². The number of aromatic nitrogens is 1. The first-order chi connectivity index (χ1) is 11.1. The van der Waals surface area contributed by atoms with Gasteiger partial charge in [-0.1, -0.05) is 60.6 Å². The number of pyridine rings is 1. The second kappa shape index (κ2) is 7.57. The molecule has 1 aromatic rings. The molecule has 1 aromatic heterocycles. The van der Waals surface area contributed by atoms with E-state index in [1.165, 1.54) is 0 Å². The smallest absolute Gasteiger partial charge is 0.255 e. The minimum Gasteiger partial charge on any atom is -0.388 e. The maximum Gasteiger partial charge on any atom is 0.255 e. The van der Waals surface area contributed by atoms with Crippen LogP contribution in [0.1, 0.15) is 58.8 Å². The van der Waals surface area contributed by atoms with Gasteiger partial charge in [0, 0.05) is 5.56 Å². The van der Waals surface area contributed by atoms with E-state index < -0.39 is 14.2 Å². The monoisotopic (exact) mass is 473 g/mol. The van der Waals surface area contributed by atoms with E-state index in [2.05, 4.69) is 67.9 Å². The fourth-order valence-corrected chi connectivity index (χ4v) is 3.78. The standard InChI is InChI=1S/C20H32INO2Si/c1-14-15(17(23)19(2,3)4)13-16(21)22(18(14)24)11-10-12-25(8,9)20(5,6)7/h13,17,23H,11H2,1-9H3/t17-/m1/s1. The van der Waals surface area contributed by atoms with Crippen LogP contribution in [-0.2, 0) is 6.54 Å². The Bertz CT molecular complexity index is 755. The number of hydrogen-bond donors (Lipinski definition) is 1. The van der Waals surface area contributed by atoms with Crippen molar-refractivity contribution in [1.82, 2.24) is 4.57 Å². The highest BCUT2D eigenvalue weighted by Crippen LogP contribution is 2.35. The Balaban J connectivity index is 3.27. The first kappa shape index (κ1) is 22.5. The maximum atomic E-state index is 12.8. The molecule has 0 saturated heterocycles. The van der Waals surface area contributed by atoms with Gasteiger partial charge in [0.1, 0.15) is 8.07 Å². The summed E-state index contributed by atoms with van der Waals surface area (Å²) < 4.78 is 2.52. The summed E-state index contributed by atoms with van der Waals surface area (Å²) in [5, 5.41) is 10.8. The molecule has 0 unspecified atom stereocenters. The first-order valence-electron chi connectivity index (χ1n) is 8.67. The molecule has 0 radical (unpaired) electrons. The summed E-state index contributed by atoms with van der Waals surface area (Å²) in [5.41, 5.74) is 4.41. The lowest BCUT2D eigenvalue weighted by atomic mass is 9.84. The summed E-state index contributed by atoms with van der Waals surface area (Å²) in [4.78, 5) is 12.8. The van der Waals surface area contributed by atoms with Gasteiger partial charge in [-0.15, -0.1) is 5.54 Å². The average Bonchev–Trinajstić information content (AvgIpc) is 2.43. The molecule has 1 N–H and O–H groups in total. The van der Waals surface area contributed by atoms with Crippen LogP contribution < -0.4 is 5.56 Å². The molecular weight excluding hydrogens is 441 g/mol. The van der Waals surface area contributed by atoms with Crippen molar-refractivity contribution >= 4 is 30.7 Å². The topological polar surface area (TPSA) is 42.2 Å². The predicted octanol–water partition coefficient (Wildman–Crippen LogP) is 4.89. The SMILES string of the molecule is Cc1c([C@@H](O)C(C)(C)C)cc(I)n(CC#C[Si](C)(C)C(C)(C)C)c1=O. The lowest BCUT2D eigenvalue weighted by molar-refractivity contribution is 0.0618. The van der Waals surface area contributed by atoms with Gasteiger partial charge in [0.15, 0.2) is 0 Å². The Hall–Kier alpha value is -0.583. The van der Waals surface area contributed by atoms with E-state index in [-0.39, 0.29) is 16.0 Å². The molecule has 0 aliphatic rings. The zero-order chi connectivity index (χ0) is 19.8. The van der Waals surface area contributed by atoms with Crippen LogP contribution >= 0.6 is 22.6 Å². The van der Waals surface area contributed by atoms with Gasteiger partial charge in [0.2, 0.25) is 0 Å². The zero-order valence-corrected chi connectivity index (χ0v) is 20.2. The fourth-order valence-electron chi connectivity index (χ4n) is 2.16. The van der Waals surface area contributed by atoms with Crippen molar-refractivity contribution in [2.45, 2.75) is 79.2 Å². The third-order valence-electron chi connectivity index (χ3n) is 5.16. The molecule has 0 aliphatic heterocycles. The molecule has 140 valence electrons. The van der Waals surface area contributed by atoms with Gasteiger partial charge < -0.3 is 5.11 Å². The fraction of sp³-hybridized carbons (Fsp3) is 0.650. The zero-order valence-electron chi connectivity index (χ0n) is 17.0. The molecule has 0 saturated carbocycles. The van der Waals surface area contributed by atoms with Gasteiger partial charge in [0.05, 0.1) is 16.3 Å². The van der Waals surface area contributed by atoms with Crippen LogP contribution in [0, 0.1) is 27.5 Å². The Morgan fingerprint density at radius 1 is 1.24 bits per heavy atom. The van der Waals surface area contributed by atoms with Gasteiger partial charge in [-0.2, -0.15) is 0 Å². The van der Waals surface area contributed by atoms with Crippen LogP contribution in [0.2, 0.25) is 18.1 Å². The number of halogens is 1. The van der Waals surface area contributed by atoms with Gasteiger partial charge in [0.25, 0.3) is 5.56 Å². The molecule has 3 nitrogen and oxygen atoms in total. The second-order valence-corrected chi connectivity index (χ2v) is 15.5. The summed E-state index contributed by atoms with van der Waals surface area (Å²) in [7, 11) is -1.68. The lowest BCUT2D eigenvalue weighted by Crippen LogP contribution is -2.36. The highest BCUT2D eigenvalue weighted by molar-refractivity contribution is 14.1. The van der Waals surface area contributed by atoms with E-state index in [9.17, 15) is 9.90 Å². The van der Waals surface area contributed by atoms with Crippen LogP contribution in [0.15, 0.2) is 10.9 Å². The molecule has 1 rings (SSSR count). The van der Waals surface area contributed by atoms with Gasteiger partial charge in [-0.25, -0.2) is 0 Å². The molecule has 0 amide bonds. The molecule has 25 heavy (non-hydrogen) atoms. The highest BCUT2D eigenvalue weighted by Gasteiger charge is 2.33. The number of aliphatic hydroxyl groups is 1. The lowest BCUT2D eigenvalue weighted by Gasteiger charge is -2.31. The van der Waals surface area contributed by atoms with E-state index in [0.717, 1.165) is 9.26 Å². The van der Waals surface area contributed by atoms with Crippen molar-refractivity contribution in [1.29, 1.82) is 0 Å². The molecule has 0 spiro atoms. The van der Waals surface area contributed by atoms with Crippen LogP contribution in [0.25, 0.3) is 0 Å². The van der Waals surface area contributed by atoms with Crippen molar-refractivity contribution < 1.29 is 5.11 Å². The van der Waals surface area contributed by atoms with Crippen LogP contribution in [0.5, 0.6) is 0 Å². The van der Waals surface area contributed by atoms with Gasteiger partial charge in [-0.05, 0) is 51.6 Å². The molecule has 0 aromatic carbocycles. The predicted molar refractivity (Wildman–Crippen MR) is 118 cm³/mol. The molecule has 0 aliphatic carbocycles. The van der Waals surface area contributed by atoms with E-state index >= 15 is 0 Å². The molecule has 0 bridgehead atoms. The highest BCUT2D eigenvalue weighted by atomic mass is 127. The number of aliphatic hydroxyl groups excluding tert-OH is 1. The van der Waals surface area contributed by atoms with Gasteiger partial charge >= 0.3 is 0 Å². The average molecular weight is 473 g/mol. The third-order valence-corrected chi connectivity index (χ3v) is 10.6. The molecule has 0 fully saturated rings. The van der Waals surface area contributed by atoms with Crippen molar-refractivity contribution in [3.8, 4) is 11.5 Å². The normalized spacial score (nSPS) is 14.0. The van der Waals surface area contributed by atoms with Crippen LogP contribution in [-0.4, -0.2) is 17.7 Å². The Morgan fingerprint density at radius 2 is 1.76 bits per heavy atom. The van der Waals surface area contributed by atoms with Crippen molar-refractivity contribution in [3.05, 3.63) is 31.2 Å². The quantitative estimate of drug-likeness (QED) is 0.288. The largest absolute Gasteiger partial charge is 0.388 e. The van der Waals surface area contributed by atoms with Crippen molar-refractivity contribution in [3.63, 3.8) is 0 Å². The summed E-state index contributed by atoms with van der Waals surface area (Å²) in [6.45, 7) is 19.3. The van der Waals surface area contributed by atoms with Crippen LogP contribution in [0.3, 0.4) is 0 Å². The minimum absolute atomic E-state index is 0.0604. The summed E-state index contributed by atoms with van der Waals surface area (Å²) >= 11 is 2.16. The van der Waals surface area contributed by atoms with Crippen LogP contribution in [0.4, 0.5) is 0 Å². The molecule has 1 atom stereocenters. The summed E-state index contributed by atoms with van der Waals surface area (Å²) in [6, 6.07) is 1.92. The van der Waals surface area contributed by atoms with Crippen molar-refractivity contribution in [2.75, 3.05) is 0 Å². The van der Waals surface area contributed by atoms with E-state index in [4.69, 9.17) is 0 Å². The Labute approximate surface area is 167 Å². The molecular formula is C20H32INO2Si. The molecule has 1 heterocycles. The van der Waals surface area contributed by atoms with E-state index in [0.29, 0.717) is 12.1 Å². The minimum atomic E-state index is -1.68. The third kappa shape index (κ3) is 5.21. The Morgan fingerprint density at radius 3 is 2.20 bits per heavy atom. The summed E-state index contributed by atoms with van der Waals surface area (Å²) in [5.74, 6) is 3.24. The second-order valence-electron chi connectivity index (χ2n) is 9.38. The molecule has 5 heteroatoms. The Kier molecular flexibility index (Phi) is 6.80. The maximum absolute atomic E-state index is 12.8. The summed E-state index contributed by atoms with van der Waals surface area (Å²) in [6.07, 6.45) is -0.665. The first-order valence-corrected chi connectivity index (χ1v) is 12.8. The van der Waals surface area contributed by atoms with Gasteiger partial charge in [-0.3, -0.25) is 9.36 Å². The number of rotatable bonds is 2. The van der Waals surface area contributed by atoms with Crippen molar-refractivity contribution in [2.24, 2.45) is 5.41 Å². The van der Waals surface area contributed by atoms with E-state index in [1.807, 2.05) is 26.8 Å². The number of nitrogens with zero attached hydrogens (tertiary/aromatic N) is 1. The number of hydrogen-bond acceptors (Lipinski definition) is 2.